The monoisotopic (exact) mass is 251 g/mol. The first-order valence-corrected chi connectivity index (χ1v) is 5.64. The summed E-state index contributed by atoms with van der Waals surface area (Å²) in [5.74, 6) is -0.311. The Balaban J connectivity index is 2.40. The summed E-state index contributed by atoms with van der Waals surface area (Å²) in [6, 6.07) is 7.41. The minimum atomic E-state index is -0.881. The third-order valence-corrected chi connectivity index (χ3v) is 2.49. The van der Waals surface area contributed by atoms with Crippen LogP contribution < -0.4 is 10.5 Å². The van der Waals surface area contributed by atoms with Gasteiger partial charge in [0.1, 0.15) is 5.75 Å². The van der Waals surface area contributed by atoms with Gasteiger partial charge in [0.2, 0.25) is 0 Å². The van der Waals surface area contributed by atoms with E-state index in [1.165, 1.54) is 6.92 Å². The number of primary amides is 1. The van der Waals surface area contributed by atoms with E-state index in [9.17, 15) is 9.59 Å². The molecule has 1 aromatic rings. The molecule has 0 aliphatic carbocycles. The molecule has 0 heterocycles. The number of benzene rings is 1. The molecule has 0 aliphatic rings. The van der Waals surface area contributed by atoms with Crippen molar-refractivity contribution in [3.63, 3.8) is 0 Å². The van der Waals surface area contributed by atoms with Gasteiger partial charge in [-0.3, -0.25) is 9.59 Å². The zero-order chi connectivity index (χ0) is 13.5. The fraction of sp³-hybridized carbons (Fsp3) is 0.385. The second-order valence-corrected chi connectivity index (χ2v) is 3.88. The van der Waals surface area contributed by atoms with Gasteiger partial charge in [-0.1, -0.05) is 12.1 Å². The minimum Gasteiger partial charge on any atom is -0.497 e. The molecule has 1 aromatic carbocycles. The average molecular weight is 251 g/mol. The van der Waals surface area contributed by atoms with E-state index in [0.717, 1.165) is 11.3 Å². The summed E-state index contributed by atoms with van der Waals surface area (Å²) in [4.78, 5) is 22.1. The van der Waals surface area contributed by atoms with Crippen LogP contribution in [0.1, 0.15) is 18.9 Å². The molecular weight excluding hydrogens is 234 g/mol. The highest BCUT2D eigenvalue weighted by Gasteiger charge is 2.14. The Morgan fingerprint density at radius 1 is 1.28 bits per heavy atom. The van der Waals surface area contributed by atoms with E-state index in [0.29, 0.717) is 6.42 Å². The summed E-state index contributed by atoms with van der Waals surface area (Å²) in [5, 5.41) is 0. The second-order valence-electron chi connectivity index (χ2n) is 3.88. The number of hydrogen-bond acceptors (Lipinski definition) is 4. The minimum absolute atomic E-state index is 0.212. The Labute approximate surface area is 106 Å². The SMILES string of the molecule is COc1ccc(CCC(=O)OC(C)C(N)=O)cc1. The molecule has 1 amide bonds. The Hall–Kier alpha value is -2.04. The van der Waals surface area contributed by atoms with E-state index in [2.05, 4.69) is 0 Å². The fourth-order valence-corrected chi connectivity index (χ4v) is 1.35. The highest BCUT2D eigenvalue weighted by atomic mass is 16.5. The molecule has 0 fully saturated rings. The smallest absolute Gasteiger partial charge is 0.306 e. The van der Waals surface area contributed by atoms with Gasteiger partial charge in [0.25, 0.3) is 5.91 Å². The van der Waals surface area contributed by atoms with Gasteiger partial charge in [0, 0.05) is 6.42 Å². The summed E-state index contributed by atoms with van der Waals surface area (Å²) in [6.07, 6.45) is -0.119. The van der Waals surface area contributed by atoms with E-state index < -0.39 is 18.0 Å². The number of carbonyl (C=O) groups excluding carboxylic acids is 2. The molecule has 0 aromatic heterocycles. The molecule has 0 saturated heterocycles. The molecule has 1 rings (SSSR count). The lowest BCUT2D eigenvalue weighted by Gasteiger charge is -2.09. The molecule has 0 radical (unpaired) electrons. The molecule has 2 N–H and O–H groups in total. The molecule has 0 bridgehead atoms. The van der Waals surface area contributed by atoms with Crippen LogP contribution in [-0.2, 0) is 20.7 Å². The van der Waals surface area contributed by atoms with E-state index in [1.807, 2.05) is 24.3 Å². The predicted molar refractivity (Wildman–Crippen MR) is 66.1 cm³/mol. The third kappa shape index (κ3) is 4.45. The number of ether oxygens (including phenoxy) is 2. The summed E-state index contributed by atoms with van der Waals surface area (Å²) in [6.45, 7) is 1.45. The first-order valence-electron chi connectivity index (χ1n) is 5.64. The lowest BCUT2D eigenvalue weighted by atomic mass is 10.1. The molecular formula is C13H17NO4. The first-order chi connectivity index (χ1) is 8.52. The van der Waals surface area contributed by atoms with Gasteiger partial charge in [0.15, 0.2) is 6.10 Å². The first kappa shape index (κ1) is 14.0. The highest BCUT2D eigenvalue weighted by Crippen LogP contribution is 2.12. The van der Waals surface area contributed by atoms with Crippen LogP contribution in [0.2, 0.25) is 0 Å². The normalized spacial score (nSPS) is 11.7. The van der Waals surface area contributed by atoms with Crippen molar-refractivity contribution < 1.29 is 19.1 Å². The number of methoxy groups -OCH3 is 1. The van der Waals surface area contributed by atoms with Crippen LogP contribution in [0.4, 0.5) is 0 Å². The van der Waals surface area contributed by atoms with E-state index in [1.54, 1.807) is 7.11 Å². The quantitative estimate of drug-likeness (QED) is 0.766. The zero-order valence-corrected chi connectivity index (χ0v) is 10.5. The van der Waals surface area contributed by atoms with E-state index >= 15 is 0 Å². The Kier molecular flexibility index (Phi) is 5.17. The third-order valence-electron chi connectivity index (χ3n) is 2.49. The molecule has 1 unspecified atom stereocenters. The van der Waals surface area contributed by atoms with Crippen molar-refractivity contribution in [1.29, 1.82) is 0 Å². The summed E-state index contributed by atoms with van der Waals surface area (Å²) in [7, 11) is 1.59. The Morgan fingerprint density at radius 2 is 1.89 bits per heavy atom. The van der Waals surface area contributed by atoms with Crippen LogP contribution in [0.15, 0.2) is 24.3 Å². The number of amides is 1. The van der Waals surface area contributed by atoms with Gasteiger partial charge in [-0.15, -0.1) is 0 Å². The maximum absolute atomic E-state index is 11.4. The second kappa shape index (κ2) is 6.64. The lowest BCUT2D eigenvalue weighted by molar-refractivity contribution is -0.153. The van der Waals surface area contributed by atoms with Crippen molar-refractivity contribution in [1.82, 2.24) is 0 Å². The van der Waals surface area contributed by atoms with Crippen LogP contribution in [-0.4, -0.2) is 25.1 Å². The van der Waals surface area contributed by atoms with Gasteiger partial charge in [-0.25, -0.2) is 0 Å². The van der Waals surface area contributed by atoms with E-state index in [-0.39, 0.29) is 6.42 Å². The van der Waals surface area contributed by atoms with Crippen molar-refractivity contribution >= 4 is 11.9 Å². The highest BCUT2D eigenvalue weighted by molar-refractivity contribution is 5.81. The van der Waals surface area contributed by atoms with Gasteiger partial charge in [0.05, 0.1) is 7.11 Å². The van der Waals surface area contributed by atoms with Gasteiger partial charge in [-0.2, -0.15) is 0 Å². The van der Waals surface area contributed by atoms with Crippen molar-refractivity contribution in [3.8, 4) is 5.75 Å². The van der Waals surface area contributed by atoms with Crippen molar-refractivity contribution in [3.05, 3.63) is 29.8 Å². The van der Waals surface area contributed by atoms with Crippen LogP contribution in [0, 0.1) is 0 Å². The lowest BCUT2D eigenvalue weighted by Crippen LogP contribution is -2.30. The number of esters is 1. The zero-order valence-electron chi connectivity index (χ0n) is 10.5. The largest absolute Gasteiger partial charge is 0.497 e. The number of rotatable bonds is 6. The molecule has 0 spiro atoms. The van der Waals surface area contributed by atoms with Gasteiger partial charge in [-0.05, 0) is 31.0 Å². The summed E-state index contributed by atoms with van der Waals surface area (Å²) < 4.78 is 9.87. The van der Waals surface area contributed by atoms with Crippen LogP contribution >= 0.6 is 0 Å². The number of carbonyl (C=O) groups is 2. The number of aryl methyl sites for hydroxylation is 1. The van der Waals surface area contributed by atoms with Gasteiger partial charge >= 0.3 is 5.97 Å². The number of nitrogens with two attached hydrogens (primary N) is 1. The fourth-order valence-electron chi connectivity index (χ4n) is 1.35. The average Bonchev–Trinajstić information content (AvgIpc) is 2.36. The molecule has 98 valence electrons. The van der Waals surface area contributed by atoms with Crippen LogP contribution in [0.5, 0.6) is 5.75 Å². The predicted octanol–water partition coefficient (Wildman–Crippen LogP) is 1.04. The summed E-state index contributed by atoms with van der Waals surface area (Å²) >= 11 is 0. The molecule has 5 heteroatoms. The van der Waals surface area contributed by atoms with Crippen molar-refractivity contribution in [2.24, 2.45) is 5.73 Å². The molecule has 1 atom stereocenters. The van der Waals surface area contributed by atoms with Gasteiger partial charge < -0.3 is 15.2 Å². The molecule has 0 aliphatic heterocycles. The maximum Gasteiger partial charge on any atom is 0.306 e. The van der Waals surface area contributed by atoms with E-state index in [4.69, 9.17) is 15.2 Å². The van der Waals surface area contributed by atoms with Crippen LogP contribution in [0.3, 0.4) is 0 Å². The van der Waals surface area contributed by atoms with Crippen molar-refractivity contribution in [2.75, 3.05) is 7.11 Å². The molecule has 0 saturated carbocycles. The maximum atomic E-state index is 11.4. The molecule has 5 nitrogen and oxygen atoms in total. The number of hydrogen-bond donors (Lipinski definition) is 1. The van der Waals surface area contributed by atoms with Crippen molar-refractivity contribution in [2.45, 2.75) is 25.9 Å². The standard InChI is InChI=1S/C13H17NO4/c1-9(13(14)16)18-12(15)8-5-10-3-6-11(17-2)7-4-10/h3-4,6-7,9H,5,8H2,1-2H3,(H2,14,16). The Bertz CT molecular complexity index is 414. The topological polar surface area (TPSA) is 78.6 Å². The summed E-state index contributed by atoms with van der Waals surface area (Å²) in [5.41, 5.74) is 5.99. The van der Waals surface area contributed by atoms with Crippen LogP contribution in [0.25, 0.3) is 0 Å². The molecule has 18 heavy (non-hydrogen) atoms. The Morgan fingerprint density at radius 3 is 2.39 bits per heavy atom.